The number of hydrogen-bond donors (Lipinski definition) is 2. The van der Waals surface area contributed by atoms with E-state index in [1.807, 2.05) is 4.68 Å². The number of aliphatic carboxylic acids is 1. The minimum absolute atomic E-state index is 0.177. The van der Waals surface area contributed by atoms with E-state index < -0.39 is 11.9 Å². The highest BCUT2D eigenvalue weighted by molar-refractivity contribution is 5.92. The van der Waals surface area contributed by atoms with Gasteiger partial charge in [0.15, 0.2) is 0 Å². The minimum atomic E-state index is -0.800. The number of carboxylic acid groups (broad SMARTS) is 1. The molecule has 0 saturated heterocycles. The molecule has 6 heteroatoms. The van der Waals surface area contributed by atoms with E-state index in [2.05, 4.69) is 10.4 Å². The number of hydrogen-bond acceptors (Lipinski definition) is 3. The molecule has 1 aromatic rings. The van der Waals surface area contributed by atoms with Gasteiger partial charge in [-0.2, -0.15) is 5.10 Å². The first-order valence-corrected chi connectivity index (χ1v) is 9.21. The predicted octanol–water partition coefficient (Wildman–Crippen LogP) is 3.01. The van der Waals surface area contributed by atoms with E-state index >= 15 is 0 Å². The average Bonchev–Trinajstić information content (AvgIpc) is 3.26. The summed E-state index contributed by atoms with van der Waals surface area (Å²) >= 11 is 0. The van der Waals surface area contributed by atoms with Gasteiger partial charge in [0, 0.05) is 12.7 Å². The number of carboxylic acids is 1. The monoisotopic (exact) mass is 333 g/mol. The molecular formula is C18H27N3O3. The third kappa shape index (κ3) is 3.79. The average molecular weight is 333 g/mol. The number of carbonyl (C=O) groups excluding carboxylic acids is 1. The molecular weight excluding hydrogens is 306 g/mol. The van der Waals surface area contributed by atoms with Crippen LogP contribution in [0.2, 0.25) is 0 Å². The molecule has 2 fully saturated rings. The Balaban J connectivity index is 1.61. The number of carbonyl (C=O) groups is 2. The zero-order chi connectivity index (χ0) is 16.9. The van der Waals surface area contributed by atoms with Crippen LogP contribution in [0.4, 0.5) is 0 Å². The fourth-order valence-electron chi connectivity index (χ4n) is 4.22. The fourth-order valence-corrected chi connectivity index (χ4v) is 4.22. The number of amides is 1. The van der Waals surface area contributed by atoms with Gasteiger partial charge in [-0.05, 0) is 37.7 Å². The largest absolute Gasteiger partial charge is 0.481 e. The van der Waals surface area contributed by atoms with E-state index in [0.29, 0.717) is 11.7 Å². The molecule has 2 aliphatic carbocycles. The van der Waals surface area contributed by atoms with Crippen molar-refractivity contribution in [2.24, 2.45) is 11.8 Å². The van der Waals surface area contributed by atoms with Crippen LogP contribution in [0.25, 0.3) is 0 Å². The Hall–Kier alpha value is -1.85. The Bertz CT molecular complexity index is 572. The van der Waals surface area contributed by atoms with Gasteiger partial charge in [-0.15, -0.1) is 0 Å². The third-order valence-corrected chi connectivity index (χ3v) is 5.59. The smallest absolute Gasteiger partial charge is 0.308 e. The molecule has 0 aromatic carbocycles. The van der Waals surface area contributed by atoms with Crippen LogP contribution in [0.3, 0.4) is 0 Å². The number of rotatable bonds is 6. The van der Waals surface area contributed by atoms with Crippen molar-refractivity contribution in [2.75, 3.05) is 6.54 Å². The van der Waals surface area contributed by atoms with Gasteiger partial charge in [0.05, 0.1) is 12.0 Å². The van der Waals surface area contributed by atoms with Crippen molar-refractivity contribution in [2.45, 2.75) is 63.8 Å². The standard InChI is InChI=1S/C18H27N3O3/c22-17(16-10-11-20-21(16)14-8-4-5-9-14)19-12-15(18(23)24)13-6-2-1-3-7-13/h10-11,13-15H,1-9,12H2,(H,19,22)(H,23,24). The lowest BCUT2D eigenvalue weighted by Gasteiger charge is -2.27. The Morgan fingerprint density at radius 1 is 1.17 bits per heavy atom. The summed E-state index contributed by atoms with van der Waals surface area (Å²) in [5, 5.41) is 16.7. The van der Waals surface area contributed by atoms with Gasteiger partial charge in [0.1, 0.15) is 5.69 Å². The predicted molar refractivity (Wildman–Crippen MR) is 89.8 cm³/mol. The molecule has 1 amide bonds. The normalized spacial score (nSPS) is 20.8. The summed E-state index contributed by atoms with van der Waals surface area (Å²) < 4.78 is 1.82. The Morgan fingerprint density at radius 2 is 1.83 bits per heavy atom. The summed E-state index contributed by atoms with van der Waals surface area (Å²) in [6.45, 7) is 0.203. The van der Waals surface area contributed by atoms with Crippen LogP contribution in [0, 0.1) is 11.8 Å². The summed E-state index contributed by atoms with van der Waals surface area (Å²) in [4.78, 5) is 24.1. The lowest BCUT2D eigenvalue weighted by Crippen LogP contribution is -2.38. The molecule has 0 radical (unpaired) electrons. The van der Waals surface area contributed by atoms with E-state index in [1.54, 1.807) is 12.3 Å². The van der Waals surface area contributed by atoms with Gasteiger partial charge < -0.3 is 10.4 Å². The summed E-state index contributed by atoms with van der Waals surface area (Å²) in [7, 11) is 0. The Labute approximate surface area is 142 Å². The molecule has 2 aliphatic rings. The maximum Gasteiger partial charge on any atom is 0.308 e. The topological polar surface area (TPSA) is 84.2 Å². The highest BCUT2D eigenvalue weighted by Gasteiger charge is 2.30. The maximum atomic E-state index is 12.5. The molecule has 0 aliphatic heterocycles. The second kappa shape index (κ2) is 7.81. The molecule has 1 atom stereocenters. The molecule has 1 heterocycles. The first-order chi connectivity index (χ1) is 11.7. The quantitative estimate of drug-likeness (QED) is 0.838. The molecule has 132 valence electrons. The second-order valence-corrected chi connectivity index (χ2v) is 7.15. The Morgan fingerprint density at radius 3 is 2.50 bits per heavy atom. The van der Waals surface area contributed by atoms with Crippen molar-refractivity contribution in [1.29, 1.82) is 0 Å². The SMILES string of the molecule is O=C(NCC(C(=O)O)C1CCCCC1)c1ccnn1C1CCCC1. The van der Waals surface area contributed by atoms with Crippen LogP contribution >= 0.6 is 0 Å². The molecule has 2 N–H and O–H groups in total. The van der Waals surface area contributed by atoms with Gasteiger partial charge in [-0.25, -0.2) is 0 Å². The molecule has 24 heavy (non-hydrogen) atoms. The van der Waals surface area contributed by atoms with Crippen molar-refractivity contribution in [3.8, 4) is 0 Å². The summed E-state index contributed by atoms with van der Waals surface area (Å²) in [5.74, 6) is -1.32. The van der Waals surface area contributed by atoms with Gasteiger partial charge in [0.2, 0.25) is 0 Å². The van der Waals surface area contributed by atoms with Gasteiger partial charge in [-0.3, -0.25) is 14.3 Å². The first-order valence-electron chi connectivity index (χ1n) is 9.21. The van der Waals surface area contributed by atoms with E-state index in [1.165, 1.54) is 19.3 Å². The van der Waals surface area contributed by atoms with Crippen LogP contribution in [0.15, 0.2) is 12.3 Å². The van der Waals surface area contributed by atoms with Crippen molar-refractivity contribution in [3.05, 3.63) is 18.0 Å². The van der Waals surface area contributed by atoms with Gasteiger partial charge in [-0.1, -0.05) is 32.1 Å². The summed E-state index contributed by atoms with van der Waals surface area (Å²) in [6.07, 6.45) is 11.4. The summed E-state index contributed by atoms with van der Waals surface area (Å²) in [6, 6.07) is 2.03. The van der Waals surface area contributed by atoms with Crippen molar-refractivity contribution < 1.29 is 14.7 Å². The van der Waals surface area contributed by atoms with Gasteiger partial charge >= 0.3 is 5.97 Å². The van der Waals surface area contributed by atoms with Gasteiger partial charge in [0.25, 0.3) is 5.91 Å². The van der Waals surface area contributed by atoms with Crippen LogP contribution in [-0.2, 0) is 4.79 Å². The minimum Gasteiger partial charge on any atom is -0.481 e. The van der Waals surface area contributed by atoms with E-state index in [0.717, 1.165) is 38.5 Å². The molecule has 0 spiro atoms. The van der Waals surface area contributed by atoms with Crippen LogP contribution in [0.5, 0.6) is 0 Å². The van der Waals surface area contributed by atoms with Crippen molar-refractivity contribution in [1.82, 2.24) is 15.1 Å². The molecule has 0 bridgehead atoms. The summed E-state index contributed by atoms with van der Waals surface area (Å²) in [5.41, 5.74) is 0.551. The van der Waals surface area contributed by atoms with Crippen LogP contribution < -0.4 is 5.32 Å². The molecule has 2 saturated carbocycles. The lowest BCUT2D eigenvalue weighted by atomic mass is 9.80. The highest BCUT2D eigenvalue weighted by Crippen LogP contribution is 2.31. The third-order valence-electron chi connectivity index (χ3n) is 5.59. The number of nitrogens with one attached hydrogen (secondary N) is 1. The van der Waals surface area contributed by atoms with Crippen LogP contribution in [-0.4, -0.2) is 33.3 Å². The maximum absolute atomic E-state index is 12.5. The first kappa shape index (κ1) is 17.0. The van der Waals surface area contributed by atoms with Crippen molar-refractivity contribution in [3.63, 3.8) is 0 Å². The zero-order valence-corrected chi connectivity index (χ0v) is 14.1. The zero-order valence-electron chi connectivity index (χ0n) is 14.1. The van der Waals surface area contributed by atoms with E-state index in [9.17, 15) is 14.7 Å². The van der Waals surface area contributed by atoms with Crippen molar-refractivity contribution >= 4 is 11.9 Å². The fraction of sp³-hybridized carbons (Fsp3) is 0.722. The second-order valence-electron chi connectivity index (χ2n) is 7.15. The van der Waals surface area contributed by atoms with Crippen LogP contribution in [0.1, 0.15) is 74.3 Å². The molecule has 3 rings (SSSR count). The van der Waals surface area contributed by atoms with E-state index in [-0.39, 0.29) is 18.4 Å². The molecule has 1 unspecified atom stereocenters. The molecule has 1 aromatic heterocycles. The Kier molecular flexibility index (Phi) is 5.53. The number of aromatic nitrogens is 2. The molecule has 6 nitrogen and oxygen atoms in total. The lowest BCUT2D eigenvalue weighted by molar-refractivity contribution is -0.143. The van der Waals surface area contributed by atoms with E-state index in [4.69, 9.17) is 0 Å². The highest BCUT2D eigenvalue weighted by atomic mass is 16.4. The number of nitrogens with zero attached hydrogens (tertiary/aromatic N) is 2.